The number of hydrogen-bond acceptors (Lipinski definition) is 2. The average Bonchev–Trinajstić information content (AvgIpc) is 2.11. The first kappa shape index (κ1) is 11.7. The molecule has 0 amide bonds. The molecule has 1 rings (SSSR count). The summed E-state index contributed by atoms with van der Waals surface area (Å²) in [6, 6.07) is 0. The molecule has 2 heteroatoms. The van der Waals surface area contributed by atoms with E-state index in [9.17, 15) is 4.79 Å². The lowest BCUT2D eigenvalue weighted by Crippen LogP contribution is -2.48. The molecule has 0 atom stereocenters. The molecule has 1 saturated carbocycles. The molecule has 1 fully saturated rings. The molecule has 82 valence electrons. The Morgan fingerprint density at radius 1 is 1.36 bits per heavy atom. The van der Waals surface area contributed by atoms with Crippen LogP contribution in [0.4, 0.5) is 0 Å². The minimum absolute atomic E-state index is 0.122. The van der Waals surface area contributed by atoms with Crippen LogP contribution < -0.4 is 5.73 Å². The van der Waals surface area contributed by atoms with Crippen molar-refractivity contribution in [3.05, 3.63) is 0 Å². The van der Waals surface area contributed by atoms with Gasteiger partial charge in [0.05, 0.1) is 0 Å². The Morgan fingerprint density at radius 2 is 1.93 bits per heavy atom. The largest absolute Gasteiger partial charge is 0.325 e. The van der Waals surface area contributed by atoms with Gasteiger partial charge in [0.15, 0.2) is 0 Å². The summed E-state index contributed by atoms with van der Waals surface area (Å²) in [6.45, 7) is 4.31. The first-order valence-electron chi connectivity index (χ1n) is 5.90. The van der Waals surface area contributed by atoms with Crippen LogP contribution in [0.1, 0.15) is 58.8 Å². The number of nitrogens with two attached hydrogens (primary N) is 1. The number of rotatable bonds is 6. The van der Waals surface area contributed by atoms with Crippen molar-refractivity contribution in [1.82, 2.24) is 0 Å². The van der Waals surface area contributed by atoms with Gasteiger partial charge in [0, 0.05) is 18.4 Å². The third-order valence-electron chi connectivity index (χ3n) is 3.57. The maximum Gasteiger partial charge on any atom is 0.135 e. The highest BCUT2D eigenvalue weighted by atomic mass is 16.1. The van der Waals surface area contributed by atoms with Crippen LogP contribution in [-0.4, -0.2) is 11.3 Å². The quantitative estimate of drug-likeness (QED) is 0.711. The van der Waals surface area contributed by atoms with E-state index >= 15 is 0 Å². The van der Waals surface area contributed by atoms with Gasteiger partial charge in [-0.3, -0.25) is 4.79 Å². The van der Waals surface area contributed by atoms with Crippen molar-refractivity contribution in [2.24, 2.45) is 11.7 Å². The van der Waals surface area contributed by atoms with Crippen molar-refractivity contribution in [3.63, 3.8) is 0 Å². The molecule has 2 nitrogen and oxygen atoms in total. The van der Waals surface area contributed by atoms with Crippen molar-refractivity contribution in [2.75, 3.05) is 0 Å². The van der Waals surface area contributed by atoms with Crippen LogP contribution >= 0.6 is 0 Å². The van der Waals surface area contributed by atoms with E-state index in [1.807, 2.05) is 0 Å². The molecule has 0 bridgehead atoms. The molecule has 0 radical (unpaired) electrons. The smallest absolute Gasteiger partial charge is 0.135 e. The van der Waals surface area contributed by atoms with Gasteiger partial charge >= 0.3 is 0 Å². The van der Waals surface area contributed by atoms with Gasteiger partial charge in [-0.2, -0.15) is 0 Å². The van der Waals surface area contributed by atoms with Crippen molar-refractivity contribution in [2.45, 2.75) is 64.3 Å². The summed E-state index contributed by atoms with van der Waals surface area (Å²) < 4.78 is 0. The normalized spacial score (nSPS) is 19.4. The molecule has 0 aromatic heterocycles. The van der Waals surface area contributed by atoms with Crippen molar-refractivity contribution < 1.29 is 4.79 Å². The highest BCUT2D eigenvalue weighted by Gasteiger charge is 2.34. The van der Waals surface area contributed by atoms with Gasteiger partial charge in [-0.15, -0.1) is 0 Å². The molecule has 0 aliphatic heterocycles. The number of hydrogen-bond donors (Lipinski definition) is 1. The van der Waals surface area contributed by atoms with Crippen LogP contribution in [0.15, 0.2) is 0 Å². The fourth-order valence-electron chi connectivity index (χ4n) is 2.17. The van der Waals surface area contributed by atoms with Gasteiger partial charge in [-0.05, 0) is 25.2 Å². The van der Waals surface area contributed by atoms with Gasteiger partial charge in [-0.1, -0.05) is 26.7 Å². The molecule has 0 aromatic carbocycles. The molecule has 1 aliphatic carbocycles. The van der Waals surface area contributed by atoms with Gasteiger partial charge in [0.1, 0.15) is 5.78 Å². The lowest BCUT2D eigenvalue weighted by atomic mass is 9.73. The van der Waals surface area contributed by atoms with Gasteiger partial charge in [-0.25, -0.2) is 0 Å². The molecule has 2 N–H and O–H groups in total. The Hall–Kier alpha value is -0.370. The zero-order valence-corrected chi connectivity index (χ0v) is 9.51. The molecule has 0 saturated heterocycles. The Kier molecular flexibility index (Phi) is 4.11. The fourth-order valence-corrected chi connectivity index (χ4v) is 2.17. The number of carbonyl (C=O) groups is 1. The number of Topliss-reactive ketones (excluding diaryl/α,β-unsaturated/α-hetero) is 1. The molecule has 0 aromatic rings. The Morgan fingerprint density at radius 3 is 2.29 bits per heavy atom. The summed E-state index contributed by atoms with van der Waals surface area (Å²) in [5, 5.41) is 0. The second-order valence-corrected chi connectivity index (χ2v) is 4.82. The van der Waals surface area contributed by atoms with E-state index in [4.69, 9.17) is 5.73 Å². The maximum absolute atomic E-state index is 11.7. The van der Waals surface area contributed by atoms with E-state index in [1.165, 1.54) is 6.42 Å². The fraction of sp³-hybridized carbons (Fsp3) is 0.917. The highest BCUT2D eigenvalue weighted by Crippen LogP contribution is 2.33. The third kappa shape index (κ3) is 3.09. The topological polar surface area (TPSA) is 43.1 Å². The van der Waals surface area contributed by atoms with Gasteiger partial charge in [0.25, 0.3) is 0 Å². The molecule has 0 spiro atoms. The van der Waals surface area contributed by atoms with E-state index in [1.54, 1.807) is 0 Å². The lowest BCUT2D eigenvalue weighted by Gasteiger charge is -2.37. The summed E-state index contributed by atoms with van der Waals surface area (Å²) in [7, 11) is 0. The Balaban J connectivity index is 2.27. The molecular formula is C12H23NO. The summed E-state index contributed by atoms with van der Waals surface area (Å²) in [6.07, 6.45) is 6.87. The van der Waals surface area contributed by atoms with Crippen LogP contribution in [0.25, 0.3) is 0 Å². The molecule has 0 heterocycles. The summed E-state index contributed by atoms with van der Waals surface area (Å²) in [5.74, 6) is 0.951. The van der Waals surface area contributed by atoms with Gasteiger partial charge < -0.3 is 5.73 Å². The molecular weight excluding hydrogens is 174 g/mol. The summed E-state index contributed by atoms with van der Waals surface area (Å²) in [5.41, 5.74) is 5.92. The van der Waals surface area contributed by atoms with Crippen molar-refractivity contribution in [1.29, 1.82) is 0 Å². The van der Waals surface area contributed by atoms with Crippen molar-refractivity contribution in [3.8, 4) is 0 Å². The predicted molar refractivity (Wildman–Crippen MR) is 59.1 cm³/mol. The molecule has 1 aliphatic rings. The van der Waals surface area contributed by atoms with Crippen LogP contribution in [0.3, 0.4) is 0 Å². The second-order valence-electron chi connectivity index (χ2n) is 4.82. The third-order valence-corrected chi connectivity index (χ3v) is 3.57. The summed E-state index contributed by atoms with van der Waals surface area (Å²) in [4.78, 5) is 11.7. The van der Waals surface area contributed by atoms with Crippen LogP contribution in [-0.2, 0) is 4.79 Å². The first-order chi connectivity index (χ1) is 6.59. The average molecular weight is 197 g/mol. The Bertz CT molecular complexity index is 192. The van der Waals surface area contributed by atoms with Crippen LogP contribution in [0.2, 0.25) is 0 Å². The predicted octanol–water partition coefficient (Wildman–Crippen LogP) is 2.65. The zero-order chi connectivity index (χ0) is 10.6. The number of carbonyl (C=O) groups excluding carboxylic acids is 1. The van der Waals surface area contributed by atoms with Crippen LogP contribution in [0.5, 0.6) is 0 Å². The minimum Gasteiger partial charge on any atom is -0.325 e. The maximum atomic E-state index is 11.7. The van der Waals surface area contributed by atoms with Crippen molar-refractivity contribution >= 4 is 5.78 Å². The molecule has 14 heavy (non-hydrogen) atoms. The molecule has 0 unspecified atom stereocenters. The van der Waals surface area contributed by atoms with E-state index < -0.39 is 0 Å². The Labute approximate surface area is 87.2 Å². The van der Waals surface area contributed by atoms with Gasteiger partial charge in [0.2, 0.25) is 0 Å². The first-order valence-corrected chi connectivity index (χ1v) is 5.90. The lowest BCUT2D eigenvalue weighted by molar-refractivity contribution is -0.121. The highest BCUT2D eigenvalue weighted by molar-refractivity contribution is 5.80. The standard InChI is InChI=1S/C12H23NO/c1-3-10(4-2)8-11(14)9-12(13)6-5-7-12/h10H,3-9,13H2,1-2H3. The van der Waals surface area contributed by atoms with E-state index in [-0.39, 0.29) is 5.54 Å². The zero-order valence-electron chi connectivity index (χ0n) is 9.51. The number of ketones is 1. The monoisotopic (exact) mass is 197 g/mol. The van der Waals surface area contributed by atoms with E-state index in [2.05, 4.69) is 13.8 Å². The SMILES string of the molecule is CCC(CC)CC(=O)CC1(N)CCC1. The second kappa shape index (κ2) is 4.92. The minimum atomic E-state index is -0.122. The van der Waals surface area contributed by atoms with E-state index in [0.717, 1.165) is 32.1 Å². The summed E-state index contributed by atoms with van der Waals surface area (Å²) >= 11 is 0. The van der Waals surface area contributed by atoms with E-state index in [0.29, 0.717) is 18.1 Å². The van der Waals surface area contributed by atoms with Crippen LogP contribution in [0, 0.1) is 5.92 Å².